The normalized spacial score (nSPS) is 10.6. The number of carboxylic acids is 1. The summed E-state index contributed by atoms with van der Waals surface area (Å²) in [5.41, 5.74) is 0. The van der Waals surface area contributed by atoms with Crippen LogP contribution in [0.1, 0.15) is 65.2 Å². The minimum atomic E-state index is -0.767. The molecule has 4 nitrogen and oxygen atoms in total. The van der Waals surface area contributed by atoms with Gasteiger partial charge in [0.15, 0.2) is 0 Å². The van der Waals surface area contributed by atoms with Crippen LogP contribution >= 0.6 is 0 Å². The van der Waals surface area contributed by atoms with Crippen molar-refractivity contribution in [3.05, 3.63) is 0 Å². The molecule has 0 amide bonds. The fourth-order valence-corrected chi connectivity index (χ4v) is 1.64. The first kappa shape index (κ1) is 16.9. The quantitative estimate of drug-likeness (QED) is 0.456. The van der Waals surface area contributed by atoms with Gasteiger partial charge in [0.25, 0.3) is 0 Å². The molecule has 1 N–H and O–H groups in total. The Labute approximate surface area is 110 Å². The average Bonchev–Trinajstić information content (AvgIpc) is 2.28. The minimum absolute atomic E-state index is 0.128. The van der Waals surface area contributed by atoms with Crippen molar-refractivity contribution in [2.45, 2.75) is 65.2 Å². The summed E-state index contributed by atoms with van der Waals surface area (Å²) in [6.07, 6.45) is 6.04. The van der Waals surface area contributed by atoms with E-state index in [9.17, 15) is 9.59 Å². The average molecular weight is 258 g/mol. The van der Waals surface area contributed by atoms with Gasteiger partial charge in [0.1, 0.15) is 0 Å². The van der Waals surface area contributed by atoms with Crippen LogP contribution in [-0.2, 0) is 14.3 Å². The second-order valence-electron chi connectivity index (χ2n) is 5.06. The van der Waals surface area contributed by atoms with Gasteiger partial charge in [-0.2, -0.15) is 0 Å². The lowest BCUT2D eigenvalue weighted by Gasteiger charge is -2.05. The molecule has 0 aliphatic heterocycles. The van der Waals surface area contributed by atoms with Crippen LogP contribution in [0, 0.1) is 5.92 Å². The van der Waals surface area contributed by atoms with Gasteiger partial charge >= 0.3 is 11.9 Å². The Morgan fingerprint density at radius 3 is 2.28 bits per heavy atom. The molecular weight excluding hydrogens is 232 g/mol. The number of carbonyl (C=O) groups is 2. The van der Waals surface area contributed by atoms with Crippen LogP contribution in [0.15, 0.2) is 0 Å². The number of carbonyl (C=O) groups excluding carboxylic acids is 1. The molecule has 18 heavy (non-hydrogen) atoms. The molecule has 0 saturated carbocycles. The number of ether oxygens (including phenoxy) is 1. The number of aliphatic carboxylic acids is 1. The van der Waals surface area contributed by atoms with Crippen LogP contribution in [0.5, 0.6) is 0 Å². The van der Waals surface area contributed by atoms with Gasteiger partial charge in [0.05, 0.1) is 6.61 Å². The molecule has 106 valence electrons. The maximum absolute atomic E-state index is 11.3. The highest BCUT2D eigenvalue weighted by Crippen LogP contribution is 2.08. The molecule has 0 fully saturated rings. The zero-order valence-electron chi connectivity index (χ0n) is 11.6. The molecule has 0 atom stereocenters. The summed E-state index contributed by atoms with van der Waals surface area (Å²) in [7, 11) is 0. The molecule has 0 spiro atoms. The van der Waals surface area contributed by atoms with Crippen molar-refractivity contribution in [2.75, 3.05) is 6.61 Å². The minimum Gasteiger partial charge on any atom is -0.481 e. The lowest BCUT2D eigenvalue weighted by atomic mass is 10.1. The molecular formula is C14H26O4. The summed E-state index contributed by atoms with van der Waals surface area (Å²) in [5, 5.41) is 8.43. The first-order valence-electron chi connectivity index (χ1n) is 6.89. The Hall–Kier alpha value is -1.06. The summed E-state index contributed by atoms with van der Waals surface area (Å²) in [5.74, 6) is -0.204. The molecule has 0 unspecified atom stereocenters. The number of unbranched alkanes of at least 4 members (excludes halogenated alkanes) is 3. The molecule has 0 rings (SSSR count). The van der Waals surface area contributed by atoms with Crippen LogP contribution in [-0.4, -0.2) is 23.7 Å². The SMILES string of the molecule is CC(C)CCCCC(=O)OCCCCCC(=O)O. The summed E-state index contributed by atoms with van der Waals surface area (Å²) in [6, 6.07) is 0. The van der Waals surface area contributed by atoms with Gasteiger partial charge in [-0.05, 0) is 31.6 Å². The zero-order valence-corrected chi connectivity index (χ0v) is 11.6. The predicted octanol–water partition coefficient (Wildman–Crippen LogP) is 3.39. The Balaban J connectivity index is 3.24. The molecule has 0 aromatic rings. The number of rotatable bonds is 11. The molecule has 0 aliphatic carbocycles. The van der Waals surface area contributed by atoms with Gasteiger partial charge in [-0.15, -0.1) is 0 Å². The van der Waals surface area contributed by atoms with Gasteiger partial charge in [-0.3, -0.25) is 9.59 Å². The molecule has 0 heterocycles. The van der Waals surface area contributed by atoms with Gasteiger partial charge < -0.3 is 9.84 Å². The Morgan fingerprint density at radius 1 is 1.00 bits per heavy atom. The molecule has 0 bridgehead atoms. The van der Waals surface area contributed by atoms with E-state index in [4.69, 9.17) is 9.84 Å². The Kier molecular flexibility index (Phi) is 10.4. The van der Waals surface area contributed by atoms with Crippen LogP contribution in [0.4, 0.5) is 0 Å². The van der Waals surface area contributed by atoms with E-state index in [1.165, 1.54) is 0 Å². The van der Waals surface area contributed by atoms with Crippen LogP contribution in [0.2, 0.25) is 0 Å². The van der Waals surface area contributed by atoms with Crippen molar-refractivity contribution in [1.82, 2.24) is 0 Å². The van der Waals surface area contributed by atoms with Gasteiger partial charge in [-0.1, -0.05) is 26.7 Å². The summed E-state index contributed by atoms with van der Waals surface area (Å²) in [4.78, 5) is 21.6. The number of carboxylic acid groups (broad SMARTS) is 1. The molecule has 0 aromatic carbocycles. The Bertz CT molecular complexity index is 236. The summed E-state index contributed by atoms with van der Waals surface area (Å²) < 4.78 is 5.07. The van der Waals surface area contributed by atoms with E-state index in [-0.39, 0.29) is 12.4 Å². The second-order valence-corrected chi connectivity index (χ2v) is 5.06. The lowest BCUT2D eigenvalue weighted by molar-refractivity contribution is -0.144. The van der Waals surface area contributed by atoms with Crippen molar-refractivity contribution in [1.29, 1.82) is 0 Å². The molecule has 0 saturated heterocycles. The third-order valence-corrected chi connectivity index (χ3v) is 2.71. The zero-order chi connectivity index (χ0) is 13.8. The number of hydrogen-bond donors (Lipinski definition) is 1. The highest BCUT2D eigenvalue weighted by atomic mass is 16.5. The van der Waals surface area contributed by atoms with Crippen molar-refractivity contribution in [3.63, 3.8) is 0 Å². The van der Waals surface area contributed by atoms with Crippen molar-refractivity contribution in [3.8, 4) is 0 Å². The number of esters is 1. The van der Waals surface area contributed by atoms with Crippen LogP contribution < -0.4 is 0 Å². The molecule has 0 aliphatic rings. The van der Waals surface area contributed by atoms with Crippen molar-refractivity contribution in [2.24, 2.45) is 5.92 Å². The first-order chi connectivity index (χ1) is 8.52. The predicted molar refractivity (Wildman–Crippen MR) is 70.4 cm³/mol. The first-order valence-corrected chi connectivity index (χ1v) is 6.89. The van der Waals surface area contributed by atoms with E-state index in [2.05, 4.69) is 13.8 Å². The van der Waals surface area contributed by atoms with E-state index in [1.54, 1.807) is 0 Å². The standard InChI is InChI=1S/C14H26O4/c1-12(2)8-5-6-10-14(17)18-11-7-3-4-9-13(15)16/h12H,3-11H2,1-2H3,(H,15,16). The molecule has 4 heteroatoms. The van der Waals surface area contributed by atoms with E-state index in [0.29, 0.717) is 25.4 Å². The van der Waals surface area contributed by atoms with Gasteiger partial charge in [0, 0.05) is 12.8 Å². The van der Waals surface area contributed by atoms with E-state index in [0.717, 1.165) is 32.1 Å². The monoisotopic (exact) mass is 258 g/mol. The number of hydrogen-bond acceptors (Lipinski definition) is 3. The lowest BCUT2D eigenvalue weighted by Crippen LogP contribution is -2.06. The fraction of sp³-hybridized carbons (Fsp3) is 0.857. The van der Waals surface area contributed by atoms with Crippen LogP contribution in [0.25, 0.3) is 0 Å². The highest BCUT2D eigenvalue weighted by molar-refractivity contribution is 5.69. The van der Waals surface area contributed by atoms with Gasteiger partial charge in [0.2, 0.25) is 0 Å². The second kappa shape index (κ2) is 11.1. The van der Waals surface area contributed by atoms with Gasteiger partial charge in [-0.25, -0.2) is 0 Å². The largest absolute Gasteiger partial charge is 0.481 e. The Morgan fingerprint density at radius 2 is 1.67 bits per heavy atom. The van der Waals surface area contributed by atoms with E-state index >= 15 is 0 Å². The van der Waals surface area contributed by atoms with Crippen molar-refractivity contribution >= 4 is 11.9 Å². The maximum atomic E-state index is 11.3. The fourth-order valence-electron chi connectivity index (χ4n) is 1.64. The molecule has 0 aromatic heterocycles. The maximum Gasteiger partial charge on any atom is 0.305 e. The van der Waals surface area contributed by atoms with E-state index < -0.39 is 5.97 Å². The smallest absolute Gasteiger partial charge is 0.305 e. The molecule has 0 radical (unpaired) electrons. The highest BCUT2D eigenvalue weighted by Gasteiger charge is 2.03. The van der Waals surface area contributed by atoms with E-state index in [1.807, 2.05) is 0 Å². The topological polar surface area (TPSA) is 63.6 Å². The van der Waals surface area contributed by atoms with Crippen LogP contribution in [0.3, 0.4) is 0 Å². The summed E-state index contributed by atoms with van der Waals surface area (Å²) in [6.45, 7) is 4.77. The summed E-state index contributed by atoms with van der Waals surface area (Å²) >= 11 is 0. The van der Waals surface area contributed by atoms with Crippen molar-refractivity contribution < 1.29 is 19.4 Å². The third-order valence-electron chi connectivity index (χ3n) is 2.71. The third kappa shape index (κ3) is 13.0.